The Morgan fingerprint density at radius 2 is 1.96 bits per heavy atom. The minimum Gasteiger partial charge on any atom is -0.351 e. The molecule has 0 aliphatic rings. The number of amides is 1. The molecule has 1 aromatic carbocycles. The van der Waals surface area contributed by atoms with E-state index in [1.54, 1.807) is 0 Å². The van der Waals surface area contributed by atoms with E-state index in [1.165, 1.54) is 0 Å². The van der Waals surface area contributed by atoms with Crippen LogP contribution in [-0.2, 0) is 11.3 Å². The highest BCUT2D eigenvalue weighted by Crippen LogP contribution is 2.15. The number of imidazole rings is 1. The molecule has 2 rings (SSSR count). The number of nitrogens with two attached hydrogens (primary N) is 1. The summed E-state index contributed by atoms with van der Waals surface area (Å²) in [7, 11) is 0. The van der Waals surface area contributed by atoms with Crippen molar-refractivity contribution in [3.8, 4) is 0 Å². The molecule has 1 amide bonds. The Hall–Kier alpha value is -1.30. The van der Waals surface area contributed by atoms with E-state index in [0.29, 0.717) is 12.5 Å². The smallest absolute Gasteiger partial charge is 0.240 e. The molecule has 0 aliphatic heterocycles. The fraction of sp³-hybridized carbons (Fsp3) is 0.500. The van der Waals surface area contributed by atoms with Crippen LogP contribution in [0.5, 0.6) is 0 Å². The highest BCUT2D eigenvalue weighted by Gasteiger charge is 2.15. The van der Waals surface area contributed by atoms with E-state index in [1.807, 2.05) is 35.8 Å². The molecule has 0 spiro atoms. The van der Waals surface area contributed by atoms with Gasteiger partial charge in [0.25, 0.3) is 0 Å². The molecule has 1 unspecified atom stereocenters. The molecule has 23 heavy (non-hydrogen) atoms. The highest BCUT2D eigenvalue weighted by atomic mass is 35.5. The number of carbonyl (C=O) groups is 1. The minimum absolute atomic E-state index is 0. The van der Waals surface area contributed by atoms with Gasteiger partial charge in [-0.1, -0.05) is 26.0 Å². The largest absolute Gasteiger partial charge is 0.351 e. The molecule has 1 heterocycles. The molecule has 1 aromatic heterocycles. The second-order valence-corrected chi connectivity index (χ2v) is 5.86. The topological polar surface area (TPSA) is 72.9 Å². The molecule has 0 saturated heterocycles. The second-order valence-electron chi connectivity index (χ2n) is 5.86. The van der Waals surface area contributed by atoms with Gasteiger partial charge < -0.3 is 15.6 Å². The molecule has 7 heteroatoms. The van der Waals surface area contributed by atoms with E-state index in [-0.39, 0.29) is 43.3 Å². The summed E-state index contributed by atoms with van der Waals surface area (Å²) in [4.78, 5) is 16.7. The van der Waals surface area contributed by atoms with E-state index in [2.05, 4.69) is 24.1 Å². The predicted molar refractivity (Wildman–Crippen MR) is 99.4 cm³/mol. The van der Waals surface area contributed by atoms with Crippen molar-refractivity contribution >= 4 is 41.8 Å². The normalized spacial score (nSPS) is 11.7. The van der Waals surface area contributed by atoms with Gasteiger partial charge in [-0.2, -0.15) is 0 Å². The molecule has 0 radical (unpaired) electrons. The zero-order valence-electron chi connectivity index (χ0n) is 13.8. The lowest BCUT2D eigenvalue weighted by molar-refractivity contribution is -0.122. The van der Waals surface area contributed by atoms with Crippen molar-refractivity contribution in [3.05, 3.63) is 30.1 Å². The van der Waals surface area contributed by atoms with Gasteiger partial charge in [0.1, 0.15) is 12.4 Å². The van der Waals surface area contributed by atoms with Crippen LogP contribution in [0.4, 0.5) is 0 Å². The maximum absolute atomic E-state index is 12.2. The maximum Gasteiger partial charge on any atom is 0.240 e. The van der Waals surface area contributed by atoms with Gasteiger partial charge in [0.2, 0.25) is 5.91 Å². The maximum atomic E-state index is 12.2. The second kappa shape index (κ2) is 9.75. The molecule has 2 aromatic rings. The first-order valence-corrected chi connectivity index (χ1v) is 7.42. The summed E-state index contributed by atoms with van der Waals surface area (Å²) in [6.45, 7) is 6.92. The number of fused-ring (bicyclic) bond motifs is 1. The van der Waals surface area contributed by atoms with E-state index in [4.69, 9.17) is 5.73 Å². The summed E-state index contributed by atoms with van der Waals surface area (Å²) in [5, 5.41) is 3.02. The fourth-order valence-electron chi connectivity index (χ4n) is 2.60. The van der Waals surface area contributed by atoms with Crippen LogP contribution in [0.15, 0.2) is 24.3 Å². The molecular formula is C16H26Cl2N4O. The van der Waals surface area contributed by atoms with Crippen LogP contribution in [0.1, 0.15) is 26.1 Å². The van der Waals surface area contributed by atoms with Crippen LogP contribution in [0.25, 0.3) is 11.0 Å². The SMILES string of the molecule is Cc1nc2ccccc2n1CC(=O)NC(CN)CC(C)C.Cl.Cl. The van der Waals surface area contributed by atoms with E-state index >= 15 is 0 Å². The van der Waals surface area contributed by atoms with Gasteiger partial charge in [-0.25, -0.2) is 4.98 Å². The lowest BCUT2D eigenvalue weighted by atomic mass is 10.0. The summed E-state index contributed by atoms with van der Waals surface area (Å²) in [5.41, 5.74) is 7.63. The quantitative estimate of drug-likeness (QED) is 0.831. The van der Waals surface area contributed by atoms with Crippen molar-refractivity contribution in [3.63, 3.8) is 0 Å². The van der Waals surface area contributed by atoms with E-state index in [0.717, 1.165) is 23.3 Å². The highest BCUT2D eigenvalue weighted by molar-refractivity contribution is 5.85. The fourth-order valence-corrected chi connectivity index (χ4v) is 2.60. The van der Waals surface area contributed by atoms with Gasteiger partial charge in [-0.3, -0.25) is 4.79 Å². The van der Waals surface area contributed by atoms with Crippen molar-refractivity contribution in [1.82, 2.24) is 14.9 Å². The Balaban J connectivity index is 0.00000242. The van der Waals surface area contributed by atoms with Gasteiger partial charge in [0.15, 0.2) is 0 Å². The van der Waals surface area contributed by atoms with Crippen LogP contribution in [-0.4, -0.2) is 28.0 Å². The molecule has 1 atom stereocenters. The zero-order chi connectivity index (χ0) is 15.4. The third kappa shape index (κ3) is 5.68. The van der Waals surface area contributed by atoms with E-state index < -0.39 is 0 Å². The summed E-state index contributed by atoms with van der Waals surface area (Å²) >= 11 is 0. The summed E-state index contributed by atoms with van der Waals surface area (Å²) < 4.78 is 1.94. The summed E-state index contributed by atoms with van der Waals surface area (Å²) in [6.07, 6.45) is 0.895. The van der Waals surface area contributed by atoms with Crippen molar-refractivity contribution < 1.29 is 4.79 Å². The summed E-state index contributed by atoms with van der Waals surface area (Å²) in [5.74, 6) is 1.34. The van der Waals surface area contributed by atoms with Gasteiger partial charge in [-0.05, 0) is 31.4 Å². The lowest BCUT2D eigenvalue weighted by Crippen LogP contribution is -2.42. The number of aromatic nitrogens is 2. The molecule has 0 saturated carbocycles. The monoisotopic (exact) mass is 360 g/mol. The number of hydrogen-bond acceptors (Lipinski definition) is 3. The molecule has 0 aliphatic carbocycles. The molecule has 0 fully saturated rings. The lowest BCUT2D eigenvalue weighted by Gasteiger charge is -2.19. The predicted octanol–water partition coefficient (Wildman–Crippen LogP) is 2.68. The Bertz CT molecular complexity index is 628. The molecular weight excluding hydrogens is 335 g/mol. The van der Waals surface area contributed by atoms with Gasteiger partial charge in [0, 0.05) is 12.6 Å². The third-order valence-electron chi connectivity index (χ3n) is 3.55. The van der Waals surface area contributed by atoms with Crippen molar-refractivity contribution in [2.75, 3.05) is 6.54 Å². The minimum atomic E-state index is -0.0163. The number of para-hydroxylation sites is 2. The van der Waals surface area contributed by atoms with Gasteiger partial charge in [-0.15, -0.1) is 24.8 Å². The summed E-state index contributed by atoms with van der Waals surface area (Å²) in [6, 6.07) is 7.88. The number of halogens is 2. The molecule has 3 N–H and O–H groups in total. The van der Waals surface area contributed by atoms with Crippen molar-refractivity contribution in [1.29, 1.82) is 0 Å². The third-order valence-corrected chi connectivity index (χ3v) is 3.55. The van der Waals surface area contributed by atoms with Crippen molar-refractivity contribution in [2.24, 2.45) is 11.7 Å². The van der Waals surface area contributed by atoms with Crippen LogP contribution < -0.4 is 11.1 Å². The Labute approximate surface area is 149 Å². The average Bonchev–Trinajstić information content (AvgIpc) is 2.74. The number of nitrogens with zero attached hydrogens (tertiary/aromatic N) is 2. The van der Waals surface area contributed by atoms with Crippen LogP contribution >= 0.6 is 24.8 Å². The van der Waals surface area contributed by atoms with Crippen LogP contribution in [0, 0.1) is 12.8 Å². The van der Waals surface area contributed by atoms with E-state index in [9.17, 15) is 4.79 Å². The molecule has 130 valence electrons. The Morgan fingerprint density at radius 3 is 2.57 bits per heavy atom. The number of hydrogen-bond donors (Lipinski definition) is 2. The number of rotatable bonds is 6. The van der Waals surface area contributed by atoms with Gasteiger partial charge in [0.05, 0.1) is 11.0 Å². The standard InChI is InChI=1S/C16H24N4O.2ClH/c1-11(2)8-13(9-17)19-16(21)10-20-12(3)18-14-6-4-5-7-15(14)20;;/h4-7,11,13H,8-10,17H2,1-3H3,(H,19,21);2*1H. The molecule has 0 bridgehead atoms. The first-order valence-electron chi connectivity index (χ1n) is 7.42. The Kier molecular flexibility index (Phi) is 9.20. The average molecular weight is 361 g/mol. The van der Waals surface area contributed by atoms with Crippen LogP contribution in [0.3, 0.4) is 0 Å². The Morgan fingerprint density at radius 1 is 1.30 bits per heavy atom. The first-order chi connectivity index (χ1) is 10.0. The first kappa shape index (κ1) is 21.7. The number of carbonyl (C=O) groups excluding carboxylic acids is 1. The number of benzene rings is 1. The van der Waals surface area contributed by atoms with Gasteiger partial charge >= 0.3 is 0 Å². The molecule has 5 nitrogen and oxygen atoms in total. The van der Waals surface area contributed by atoms with Crippen molar-refractivity contribution in [2.45, 2.75) is 39.8 Å². The zero-order valence-corrected chi connectivity index (χ0v) is 15.4. The number of nitrogens with one attached hydrogen (secondary N) is 1. The van der Waals surface area contributed by atoms with Crippen LogP contribution in [0.2, 0.25) is 0 Å². The number of aryl methyl sites for hydroxylation is 1.